The number of nitrogens with zero attached hydrogens (tertiary/aromatic N) is 2. The lowest BCUT2D eigenvalue weighted by molar-refractivity contribution is -0.115. The van der Waals surface area contributed by atoms with Crippen molar-refractivity contribution in [3.8, 4) is 0 Å². The Morgan fingerprint density at radius 3 is 2.28 bits per heavy atom. The lowest BCUT2D eigenvalue weighted by Crippen LogP contribution is -2.32. The lowest BCUT2D eigenvalue weighted by Gasteiger charge is -2.24. The first kappa shape index (κ1) is 14.9. The fraction of sp³-hybridized carbons (Fsp3) is 0.273. The second kappa shape index (κ2) is 5.87. The van der Waals surface area contributed by atoms with Crippen molar-refractivity contribution in [1.29, 1.82) is 0 Å². The van der Waals surface area contributed by atoms with Gasteiger partial charge in [-0.15, -0.1) is 0 Å². The number of benzene rings is 3. The van der Waals surface area contributed by atoms with Gasteiger partial charge in [-0.25, -0.2) is 0 Å². The molecule has 25 heavy (non-hydrogen) atoms. The van der Waals surface area contributed by atoms with Crippen LogP contribution in [0.5, 0.6) is 0 Å². The summed E-state index contributed by atoms with van der Waals surface area (Å²) in [6, 6.07) is 25.7. The second-order valence-corrected chi connectivity index (χ2v) is 7.34. The van der Waals surface area contributed by atoms with Gasteiger partial charge in [-0.3, -0.25) is 0 Å². The highest BCUT2D eigenvalue weighted by Gasteiger charge is 2.58. The zero-order valence-electron chi connectivity index (χ0n) is 14.1. The minimum absolute atomic E-state index is 0.312. The molecule has 1 saturated carbocycles. The summed E-state index contributed by atoms with van der Waals surface area (Å²) in [6.45, 7) is 2.70. The van der Waals surface area contributed by atoms with Crippen molar-refractivity contribution >= 4 is 16.5 Å². The number of rotatable bonds is 4. The molecule has 126 valence electrons. The molecule has 1 saturated heterocycles. The Labute approximate surface area is 148 Å². The zero-order chi connectivity index (χ0) is 16.8. The van der Waals surface area contributed by atoms with Gasteiger partial charge in [-0.2, -0.15) is 5.06 Å². The van der Waals surface area contributed by atoms with Gasteiger partial charge in [0.05, 0.1) is 0 Å². The minimum Gasteiger partial charge on any atom is -0.371 e. The van der Waals surface area contributed by atoms with Crippen molar-refractivity contribution in [2.75, 3.05) is 18.0 Å². The van der Waals surface area contributed by atoms with Crippen molar-refractivity contribution in [3.05, 3.63) is 78.4 Å². The number of fused-ring (bicyclic) bond motifs is 2. The molecule has 5 rings (SSSR count). The standard InChI is InChI=1S/C22H22N2O/c25-24(13-16-10-11-17-6-4-5-7-18(17)12-16)22-20-14-23(15-21(20)22)19-8-2-1-3-9-19/h1-12,20-22,25H,13-15H2. The molecular weight excluding hydrogens is 308 g/mol. The summed E-state index contributed by atoms with van der Waals surface area (Å²) >= 11 is 0. The molecule has 0 spiro atoms. The summed E-state index contributed by atoms with van der Waals surface area (Å²) in [5, 5.41) is 14.6. The van der Waals surface area contributed by atoms with Crippen LogP contribution < -0.4 is 4.90 Å². The lowest BCUT2D eigenvalue weighted by atomic mass is 10.1. The van der Waals surface area contributed by atoms with E-state index in [-0.39, 0.29) is 0 Å². The van der Waals surface area contributed by atoms with Gasteiger partial charge in [-0.05, 0) is 34.5 Å². The van der Waals surface area contributed by atoms with Gasteiger partial charge < -0.3 is 10.1 Å². The van der Waals surface area contributed by atoms with Gasteiger partial charge in [-0.1, -0.05) is 54.6 Å². The summed E-state index contributed by atoms with van der Waals surface area (Å²) in [5.41, 5.74) is 2.47. The summed E-state index contributed by atoms with van der Waals surface area (Å²) in [7, 11) is 0. The van der Waals surface area contributed by atoms with E-state index in [1.165, 1.54) is 22.0 Å². The molecule has 0 aromatic heterocycles. The summed E-state index contributed by atoms with van der Waals surface area (Å²) < 4.78 is 0. The van der Waals surface area contributed by atoms with E-state index >= 15 is 0 Å². The summed E-state index contributed by atoms with van der Waals surface area (Å²) in [4.78, 5) is 2.44. The maximum Gasteiger partial charge on any atom is 0.0492 e. The van der Waals surface area contributed by atoms with Crippen LogP contribution in [0.4, 0.5) is 5.69 Å². The van der Waals surface area contributed by atoms with Gasteiger partial charge in [0.2, 0.25) is 0 Å². The maximum atomic E-state index is 10.6. The predicted octanol–water partition coefficient (Wildman–Crippen LogP) is 4.17. The molecule has 1 N–H and O–H groups in total. The molecule has 3 aromatic rings. The van der Waals surface area contributed by atoms with Crippen molar-refractivity contribution in [2.45, 2.75) is 12.6 Å². The predicted molar refractivity (Wildman–Crippen MR) is 101 cm³/mol. The Bertz CT molecular complexity index is 883. The van der Waals surface area contributed by atoms with Gasteiger partial charge in [0, 0.05) is 43.2 Å². The Hall–Kier alpha value is -2.36. The van der Waals surface area contributed by atoms with Crippen molar-refractivity contribution in [2.24, 2.45) is 11.8 Å². The Kier molecular flexibility index (Phi) is 3.51. The number of piperidine rings is 1. The van der Waals surface area contributed by atoms with Crippen molar-refractivity contribution < 1.29 is 5.21 Å². The molecular formula is C22H22N2O. The van der Waals surface area contributed by atoms with Crippen LogP contribution in [0.1, 0.15) is 5.56 Å². The van der Waals surface area contributed by atoms with E-state index in [1.54, 1.807) is 5.06 Å². The molecule has 2 atom stereocenters. The highest BCUT2D eigenvalue weighted by Crippen LogP contribution is 2.49. The monoisotopic (exact) mass is 330 g/mol. The molecule has 2 unspecified atom stereocenters. The molecule has 0 bridgehead atoms. The molecule has 1 heterocycles. The van der Waals surface area contributed by atoms with Gasteiger partial charge in [0.15, 0.2) is 0 Å². The topological polar surface area (TPSA) is 26.7 Å². The molecule has 3 heteroatoms. The molecule has 1 aliphatic heterocycles. The second-order valence-electron chi connectivity index (χ2n) is 7.34. The first-order chi connectivity index (χ1) is 12.3. The van der Waals surface area contributed by atoms with E-state index in [9.17, 15) is 5.21 Å². The summed E-state index contributed by atoms with van der Waals surface area (Å²) in [5.74, 6) is 1.18. The van der Waals surface area contributed by atoms with Crippen LogP contribution in [0.15, 0.2) is 72.8 Å². The number of hydrogen-bond donors (Lipinski definition) is 1. The first-order valence-corrected chi connectivity index (χ1v) is 9.03. The van der Waals surface area contributed by atoms with E-state index in [0.717, 1.165) is 13.1 Å². The highest BCUT2D eigenvalue weighted by atomic mass is 16.5. The van der Waals surface area contributed by atoms with E-state index < -0.39 is 0 Å². The maximum absolute atomic E-state index is 10.6. The highest BCUT2D eigenvalue weighted by molar-refractivity contribution is 5.82. The fourth-order valence-corrected chi connectivity index (χ4v) is 4.42. The molecule has 2 aliphatic rings. The molecule has 1 aliphatic carbocycles. The SMILES string of the molecule is ON(Cc1ccc2ccccc2c1)C1C2CN(c3ccccc3)CC21. The Balaban J connectivity index is 1.24. The molecule has 0 amide bonds. The molecule has 0 radical (unpaired) electrons. The number of anilines is 1. The number of hydroxylamine groups is 2. The van der Waals surface area contributed by atoms with Crippen molar-refractivity contribution in [1.82, 2.24) is 5.06 Å². The average molecular weight is 330 g/mol. The Morgan fingerprint density at radius 2 is 1.52 bits per heavy atom. The minimum atomic E-state index is 0.312. The van der Waals surface area contributed by atoms with E-state index in [1.807, 2.05) is 0 Å². The van der Waals surface area contributed by atoms with Crippen LogP contribution in [0.3, 0.4) is 0 Å². The third-order valence-corrected chi connectivity index (χ3v) is 5.77. The normalized spacial score (nSPS) is 24.7. The van der Waals surface area contributed by atoms with Gasteiger partial charge in [0.25, 0.3) is 0 Å². The van der Waals surface area contributed by atoms with Crippen LogP contribution in [0, 0.1) is 11.8 Å². The number of hydrogen-bond acceptors (Lipinski definition) is 3. The van der Waals surface area contributed by atoms with E-state index in [0.29, 0.717) is 24.4 Å². The van der Waals surface area contributed by atoms with Crippen LogP contribution in [-0.2, 0) is 6.54 Å². The van der Waals surface area contributed by atoms with Crippen LogP contribution in [0.25, 0.3) is 10.8 Å². The first-order valence-electron chi connectivity index (χ1n) is 9.03. The van der Waals surface area contributed by atoms with Crippen molar-refractivity contribution in [3.63, 3.8) is 0 Å². The van der Waals surface area contributed by atoms with E-state index in [4.69, 9.17) is 0 Å². The van der Waals surface area contributed by atoms with Crippen LogP contribution in [-0.4, -0.2) is 29.4 Å². The third kappa shape index (κ3) is 2.70. The largest absolute Gasteiger partial charge is 0.371 e. The zero-order valence-corrected chi connectivity index (χ0v) is 14.1. The van der Waals surface area contributed by atoms with Crippen LogP contribution >= 0.6 is 0 Å². The molecule has 2 fully saturated rings. The molecule has 3 nitrogen and oxygen atoms in total. The van der Waals surface area contributed by atoms with Crippen LogP contribution in [0.2, 0.25) is 0 Å². The Morgan fingerprint density at radius 1 is 0.840 bits per heavy atom. The van der Waals surface area contributed by atoms with Gasteiger partial charge >= 0.3 is 0 Å². The number of para-hydroxylation sites is 1. The molecule has 3 aromatic carbocycles. The van der Waals surface area contributed by atoms with Gasteiger partial charge in [0.1, 0.15) is 0 Å². The fourth-order valence-electron chi connectivity index (χ4n) is 4.42. The van der Waals surface area contributed by atoms with E-state index in [2.05, 4.69) is 77.7 Å². The average Bonchev–Trinajstić information content (AvgIpc) is 3.16. The quantitative estimate of drug-likeness (QED) is 0.728. The smallest absolute Gasteiger partial charge is 0.0492 e. The summed E-state index contributed by atoms with van der Waals surface area (Å²) in [6.07, 6.45) is 0. The third-order valence-electron chi connectivity index (χ3n) is 5.77.